The first-order valence-electron chi connectivity index (χ1n) is 8.30. The van der Waals surface area contributed by atoms with E-state index in [9.17, 15) is 8.78 Å². The molecule has 6 heteroatoms. The number of hydrogen-bond acceptors (Lipinski definition) is 4. The highest BCUT2D eigenvalue weighted by atomic mass is 19.3. The minimum absolute atomic E-state index is 0.0148. The minimum atomic E-state index is -2.50. The van der Waals surface area contributed by atoms with Gasteiger partial charge >= 0.3 is 0 Å². The number of alkyl halides is 2. The molecular weight excluding hydrogens is 322 g/mol. The number of anilines is 1. The van der Waals surface area contributed by atoms with Gasteiger partial charge in [0, 0.05) is 42.3 Å². The predicted octanol–water partition coefficient (Wildman–Crippen LogP) is 3.64. The Morgan fingerprint density at radius 2 is 1.92 bits per heavy atom. The SMILES string of the molecule is C=C1C=C(NC)N=C([C@H]2C[C@@H]3[C@H](C2)C3(F)F)N1c1ccc(C#N)cc1. The number of nitriles is 1. The van der Waals surface area contributed by atoms with Gasteiger partial charge in [-0.15, -0.1) is 0 Å². The van der Waals surface area contributed by atoms with E-state index in [1.807, 2.05) is 23.1 Å². The molecule has 1 N–H and O–H groups in total. The van der Waals surface area contributed by atoms with Gasteiger partial charge in [-0.25, -0.2) is 13.8 Å². The monoisotopic (exact) mass is 340 g/mol. The molecule has 128 valence electrons. The second kappa shape index (κ2) is 5.41. The average molecular weight is 340 g/mol. The molecule has 0 spiro atoms. The standard InChI is InChI=1S/C19H18F2N4/c1-11-7-17(23-2)24-18(13-8-15-16(9-13)19(15,20)21)25(11)14-5-3-12(10-22)4-6-14/h3-7,13,15-16,23H,1,8-9H2,2H3/t13-,15+,16-. The molecule has 4 nitrogen and oxygen atoms in total. The van der Waals surface area contributed by atoms with E-state index in [2.05, 4.69) is 23.0 Å². The normalized spacial score (nSPS) is 29.4. The summed E-state index contributed by atoms with van der Waals surface area (Å²) in [6, 6.07) is 9.23. The number of nitrogens with one attached hydrogen (secondary N) is 1. The van der Waals surface area contributed by atoms with Gasteiger partial charge in [0.15, 0.2) is 0 Å². The molecule has 2 fully saturated rings. The summed E-state index contributed by atoms with van der Waals surface area (Å²) < 4.78 is 27.2. The zero-order valence-corrected chi connectivity index (χ0v) is 13.8. The van der Waals surface area contributed by atoms with E-state index in [0.717, 1.165) is 17.2 Å². The van der Waals surface area contributed by atoms with Crippen molar-refractivity contribution in [2.75, 3.05) is 11.9 Å². The molecule has 0 bridgehead atoms. The number of amidine groups is 1. The van der Waals surface area contributed by atoms with Crippen LogP contribution in [0.3, 0.4) is 0 Å². The zero-order valence-electron chi connectivity index (χ0n) is 13.8. The lowest BCUT2D eigenvalue weighted by Gasteiger charge is -2.34. The topological polar surface area (TPSA) is 51.4 Å². The molecule has 1 aliphatic heterocycles. The molecule has 2 saturated carbocycles. The van der Waals surface area contributed by atoms with Gasteiger partial charge in [-0.2, -0.15) is 5.26 Å². The predicted molar refractivity (Wildman–Crippen MR) is 92.0 cm³/mol. The van der Waals surface area contributed by atoms with E-state index in [1.165, 1.54) is 0 Å². The third kappa shape index (κ3) is 2.42. The second-order valence-corrected chi connectivity index (χ2v) is 6.79. The van der Waals surface area contributed by atoms with Crippen LogP contribution in [-0.4, -0.2) is 18.8 Å². The van der Waals surface area contributed by atoms with Crippen molar-refractivity contribution >= 4 is 11.5 Å². The lowest BCUT2D eigenvalue weighted by Crippen LogP contribution is -2.38. The number of halogens is 2. The molecular formula is C19H18F2N4. The molecule has 25 heavy (non-hydrogen) atoms. The Hall–Kier alpha value is -2.68. The van der Waals surface area contributed by atoms with E-state index in [0.29, 0.717) is 24.2 Å². The molecule has 3 aliphatic rings. The zero-order chi connectivity index (χ0) is 17.8. The third-order valence-corrected chi connectivity index (χ3v) is 5.37. The number of hydrogen-bond donors (Lipinski definition) is 1. The van der Waals surface area contributed by atoms with Gasteiger partial charge in [0.05, 0.1) is 11.6 Å². The van der Waals surface area contributed by atoms with Crippen LogP contribution in [0.15, 0.2) is 53.4 Å². The Balaban J connectivity index is 1.67. The molecule has 0 unspecified atom stereocenters. The fraction of sp³-hybridized carbons (Fsp3) is 0.368. The van der Waals surface area contributed by atoms with Crippen molar-refractivity contribution in [2.24, 2.45) is 22.7 Å². The first-order chi connectivity index (χ1) is 12.0. The number of aliphatic imine (C=N–C) groups is 1. The van der Waals surface area contributed by atoms with Crippen molar-refractivity contribution in [3.05, 3.63) is 54.0 Å². The maximum absolute atomic E-state index is 13.6. The van der Waals surface area contributed by atoms with Gasteiger partial charge in [-0.3, -0.25) is 4.90 Å². The van der Waals surface area contributed by atoms with Gasteiger partial charge < -0.3 is 5.32 Å². The molecule has 2 aliphatic carbocycles. The Morgan fingerprint density at radius 1 is 1.28 bits per heavy atom. The maximum Gasteiger partial charge on any atom is 0.254 e. The highest BCUT2D eigenvalue weighted by Gasteiger charge is 2.72. The van der Waals surface area contributed by atoms with Crippen molar-refractivity contribution in [1.82, 2.24) is 5.32 Å². The molecule has 0 saturated heterocycles. The average Bonchev–Trinajstić information content (AvgIpc) is 2.97. The molecule has 3 atom stereocenters. The Bertz CT molecular complexity index is 818. The highest BCUT2D eigenvalue weighted by Crippen LogP contribution is 2.66. The summed E-state index contributed by atoms with van der Waals surface area (Å²) in [7, 11) is 1.78. The van der Waals surface area contributed by atoms with Gasteiger partial charge in [0.2, 0.25) is 0 Å². The summed E-state index contributed by atoms with van der Waals surface area (Å²) in [5, 5.41) is 12.0. The molecule has 1 heterocycles. The fourth-order valence-electron chi connectivity index (χ4n) is 3.98. The minimum Gasteiger partial charge on any atom is -0.373 e. The van der Waals surface area contributed by atoms with Crippen molar-refractivity contribution in [3.8, 4) is 6.07 Å². The first-order valence-corrected chi connectivity index (χ1v) is 8.30. The van der Waals surface area contributed by atoms with Crippen molar-refractivity contribution < 1.29 is 8.78 Å². The largest absolute Gasteiger partial charge is 0.373 e. The van der Waals surface area contributed by atoms with Crippen molar-refractivity contribution in [2.45, 2.75) is 18.8 Å². The maximum atomic E-state index is 13.6. The molecule has 1 aromatic carbocycles. The lowest BCUT2D eigenvalue weighted by atomic mass is 9.98. The number of nitrogens with zero attached hydrogens (tertiary/aromatic N) is 3. The van der Waals surface area contributed by atoms with Gasteiger partial charge in [-0.05, 0) is 37.1 Å². The summed E-state index contributed by atoms with van der Waals surface area (Å²) in [5.41, 5.74) is 2.13. The quantitative estimate of drug-likeness (QED) is 0.914. The summed E-state index contributed by atoms with van der Waals surface area (Å²) in [5.74, 6) is -2.11. The van der Waals surface area contributed by atoms with Crippen LogP contribution in [-0.2, 0) is 0 Å². The Labute approximate surface area is 145 Å². The fourth-order valence-corrected chi connectivity index (χ4v) is 3.98. The summed E-state index contributed by atoms with van der Waals surface area (Å²) in [6.45, 7) is 4.11. The molecule has 0 radical (unpaired) electrons. The third-order valence-electron chi connectivity index (χ3n) is 5.37. The molecule has 4 rings (SSSR count). The number of allylic oxidation sites excluding steroid dienone is 1. The highest BCUT2D eigenvalue weighted by molar-refractivity contribution is 6.04. The molecule has 1 aromatic rings. The molecule has 0 aromatic heterocycles. The molecule has 0 amide bonds. The van der Waals surface area contributed by atoms with Crippen LogP contribution in [0.4, 0.5) is 14.5 Å². The second-order valence-electron chi connectivity index (χ2n) is 6.79. The van der Waals surface area contributed by atoms with E-state index >= 15 is 0 Å². The van der Waals surface area contributed by atoms with Crippen LogP contribution in [0.2, 0.25) is 0 Å². The summed E-state index contributed by atoms with van der Waals surface area (Å²) in [4.78, 5) is 6.57. The first kappa shape index (κ1) is 15.8. The van der Waals surface area contributed by atoms with E-state index in [1.54, 1.807) is 19.2 Å². The van der Waals surface area contributed by atoms with Gasteiger partial charge in [-0.1, -0.05) is 6.58 Å². The summed E-state index contributed by atoms with van der Waals surface area (Å²) >= 11 is 0. The van der Waals surface area contributed by atoms with Gasteiger partial charge in [0.25, 0.3) is 5.92 Å². The summed E-state index contributed by atoms with van der Waals surface area (Å²) in [6.07, 6.45) is 2.73. The Kier molecular flexibility index (Phi) is 3.43. The van der Waals surface area contributed by atoms with E-state index < -0.39 is 17.8 Å². The van der Waals surface area contributed by atoms with Gasteiger partial charge in [0.1, 0.15) is 11.7 Å². The number of fused-ring (bicyclic) bond motifs is 1. The van der Waals surface area contributed by atoms with Crippen LogP contribution in [0.5, 0.6) is 0 Å². The number of rotatable bonds is 3. The van der Waals surface area contributed by atoms with E-state index in [-0.39, 0.29) is 5.92 Å². The van der Waals surface area contributed by atoms with Crippen LogP contribution in [0.1, 0.15) is 18.4 Å². The smallest absolute Gasteiger partial charge is 0.254 e. The number of benzene rings is 1. The van der Waals surface area contributed by atoms with Crippen molar-refractivity contribution in [1.29, 1.82) is 5.26 Å². The van der Waals surface area contributed by atoms with Crippen LogP contribution in [0.25, 0.3) is 0 Å². The Morgan fingerprint density at radius 3 is 2.48 bits per heavy atom. The van der Waals surface area contributed by atoms with Crippen LogP contribution >= 0.6 is 0 Å². The lowest BCUT2D eigenvalue weighted by molar-refractivity contribution is 0.0687. The van der Waals surface area contributed by atoms with Crippen LogP contribution in [0, 0.1) is 29.1 Å². The van der Waals surface area contributed by atoms with Crippen LogP contribution < -0.4 is 10.2 Å². The van der Waals surface area contributed by atoms with Crippen molar-refractivity contribution in [3.63, 3.8) is 0 Å². The van der Waals surface area contributed by atoms with E-state index in [4.69, 9.17) is 5.26 Å².